The van der Waals surface area contributed by atoms with Crippen LogP contribution in [0.1, 0.15) is 19.4 Å². The van der Waals surface area contributed by atoms with Gasteiger partial charge in [0.2, 0.25) is 0 Å². The van der Waals surface area contributed by atoms with Crippen LogP contribution in [0.4, 0.5) is 0 Å². The Morgan fingerprint density at radius 1 is 1.53 bits per heavy atom. The number of hydrogen-bond acceptors (Lipinski definition) is 3. The lowest BCUT2D eigenvalue weighted by Crippen LogP contribution is -2.39. The molecule has 0 aliphatic heterocycles. The monoisotopic (exact) mass is 273 g/mol. The minimum atomic E-state index is -1.44. The molecule has 0 radical (unpaired) electrons. The van der Waals surface area contributed by atoms with Crippen LogP contribution in [0.3, 0.4) is 0 Å². The summed E-state index contributed by atoms with van der Waals surface area (Å²) in [6, 6.07) is 3.45. The van der Waals surface area contributed by atoms with Crippen molar-refractivity contribution in [3.05, 3.63) is 28.5 Å². The van der Waals surface area contributed by atoms with E-state index in [0.717, 1.165) is 0 Å². The van der Waals surface area contributed by atoms with Crippen molar-refractivity contribution in [2.75, 3.05) is 0 Å². The molecular formula is C10H12BrNO3. The Kier molecular flexibility index (Phi) is 3.46. The van der Waals surface area contributed by atoms with Crippen molar-refractivity contribution in [1.82, 2.24) is 4.98 Å². The largest absolute Gasteiger partial charge is 0.479 e. The van der Waals surface area contributed by atoms with Gasteiger partial charge in [0.05, 0.1) is 0 Å². The van der Waals surface area contributed by atoms with Gasteiger partial charge in [-0.1, -0.05) is 19.9 Å². The number of aliphatic carboxylic acids is 1. The summed E-state index contributed by atoms with van der Waals surface area (Å²) in [6.07, 6.45) is 0.108. The average Bonchev–Trinajstić information content (AvgIpc) is 2.17. The van der Waals surface area contributed by atoms with Gasteiger partial charge < -0.3 is 10.2 Å². The van der Waals surface area contributed by atoms with Crippen LogP contribution in [0.5, 0.6) is 0 Å². The van der Waals surface area contributed by atoms with Crippen molar-refractivity contribution in [3.63, 3.8) is 0 Å². The molecule has 1 aromatic rings. The molecule has 0 aromatic carbocycles. The van der Waals surface area contributed by atoms with Crippen molar-refractivity contribution >= 4 is 21.9 Å². The first-order valence-electron chi connectivity index (χ1n) is 4.38. The first kappa shape index (κ1) is 12.1. The molecule has 1 heterocycles. The van der Waals surface area contributed by atoms with Crippen LogP contribution in [0.25, 0.3) is 0 Å². The highest BCUT2D eigenvalue weighted by atomic mass is 79.9. The number of pyridine rings is 1. The predicted octanol–water partition coefficient (Wildman–Crippen LogP) is 1.57. The van der Waals surface area contributed by atoms with Gasteiger partial charge >= 0.3 is 5.97 Å². The summed E-state index contributed by atoms with van der Waals surface area (Å²) in [5.41, 5.74) is -0.180. The molecule has 15 heavy (non-hydrogen) atoms. The number of carboxylic acids is 1. The maximum atomic E-state index is 10.7. The fourth-order valence-electron chi connectivity index (χ4n) is 1.22. The molecule has 82 valence electrons. The second-order valence-corrected chi connectivity index (χ2v) is 4.64. The number of carbonyl (C=O) groups is 1. The molecule has 0 spiro atoms. The van der Waals surface area contributed by atoms with Gasteiger partial charge in [-0.25, -0.2) is 9.78 Å². The summed E-state index contributed by atoms with van der Waals surface area (Å²) in [7, 11) is 0. The number of nitrogens with zero attached hydrogens (tertiary/aromatic N) is 1. The highest BCUT2D eigenvalue weighted by molar-refractivity contribution is 9.10. The van der Waals surface area contributed by atoms with Gasteiger partial charge in [-0.05, 0) is 27.6 Å². The highest BCUT2D eigenvalue weighted by Crippen LogP contribution is 2.27. The molecule has 0 bridgehead atoms. The Labute approximate surface area is 96.1 Å². The van der Waals surface area contributed by atoms with Gasteiger partial charge in [0.1, 0.15) is 4.60 Å². The summed E-state index contributed by atoms with van der Waals surface area (Å²) in [5, 5.41) is 18.3. The Bertz CT molecular complexity index is 361. The van der Waals surface area contributed by atoms with E-state index in [1.54, 1.807) is 32.2 Å². The smallest absolute Gasteiger partial charge is 0.333 e. The number of aromatic nitrogens is 1. The van der Waals surface area contributed by atoms with Crippen molar-refractivity contribution in [1.29, 1.82) is 0 Å². The van der Waals surface area contributed by atoms with Gasteiger partial charge in [-0.2, -0.15) is 0 Å². The molecule has 5 heteroatoms. The quantitative estimate of drug-likeness (QED) is 0.821. The van der Waals surface area contributed by atoms with Crippen LogP contribution < -0.4 is 0 Å². The lowest BCUT2D eigenvalue weighted by molar-refractivity contribution is -0.150. The highest BCUT2D eigenvalue weighted by Gasteiger charge is 2.35. The number of aliphatic hydroxyl groups is 1. The Morgan fingerprint density at radius 2 is 2.13 bits per heavy atom. The lowest BCUT2D eigenvalue weighted by Gasteiger charge is -2.27. The SMILES string of the molecule is CC(C)(c1ccc(Br)nc1)C(O)C(=O)O. The molecule has 1 aromatic heterocycles. The van der Waals surface area contributed by atoms with E-state index in [1.165, 1.54) is 0 Å². The van der Waals surface area contributed by atoms with Crippen LogP contribution in [-0.2, 0) is 10.2 Å². The Balaban J connectivity index is 3.05. The predicted molar refractivity (Wildman–Crippen MR) is 58.6 cm³/mol. The van der Waals surface area contributed by atoms with Crippen LogP contribution in [0, 0.1) is 0 Å². The summed E-state index contributed by atoms with van der Waals surface area (Å²) in [4.78, 5) is 14.7. The second kappa shape index (κ2) is 4.28. The van der Waals surface area contributed by atoms with E-state index < -0.39 is 17.5 Å². The van der Waals surface area contributed by atoms with E-state index in [-0.39, 0.29) is 0 Å². The standard InChI is InChI=1S/C10H12BrNO3/c1-10(2,8(13)9(14)15)6-3-4-7(11)12-5-6/h3-5,8,13H,1-2H3,(H,14,15). The molecule has 1 rings (SSSR count). The Morgan fingerprint density at radius 3 is 2.53 bits per heavy atom. The van der Waals surface area contributed by atoms with Gasteiger partial charge in [0.15, 0.2) is 6.10 Å². The maximum absolute atomic E-state index is 10.7. The van der Waals surface area contributed by atoms with Crippen molar-refractivity contribution in [2.45, 2.75) is 25.4 Å². The van der Waals surface area contributed by atoms with E-state index in [2.05, 4.69) is 20.9 Å². The molecule has 0 saturated carbocycles. The summed E-state index contributed by atoms with van der Waals surface area (Å²) >= 11 is 3.19. The maximum Gasteiger partial charge on any atom is 0.333 e. The minimum absolute atomic E-state index is 0.673. The average molecular weight is 274 g/mol. The number of rotatable bonds is 3. The van der Waals surface area contributed by atoms with Gasteiger partial charge in [0.25, 0.3) is 0 Å². The molecule has 0 saturated heterocycles. The zero-order chi connectivity index (χ0) is 11.6. The third-order valence-electron chi connectivity index (χ3n) is 2.39. The first-order chi connectivity index (χ1) is 6.85. The van der Waals surface area contributed by atoms with E-state index in [4.69, 9.17) is 5.11 Å². The van der Waals surface area contributed by atoms with Gasteiger partial charge in [-0.15, -0.1) is 0 Å². The third-order valence-corrected chi connectivity index (χ3v) is 2.86. The van der Waals surface area contributed by atoms with E-state index in [1.807, 2.05) is 0 Å². The fraction of sp³-hybridized carbons (Fsp3) is 0.400. The Hall–Kier alpha value is -0.940. The molecule has 1 unspecified atom stereocenters. The topological polar surface area (TPSA) is 70.4 Å². The van der Waals surface area contributed by atoms with E-state index >= 15 is 0 Å². The first-order valence-corrected chi connectivity index (χ1v) is 5.18. The van der Waals surface area contributed by atoms with Crippen molar-refractivity contribution in [2.24, 2.45) is 0 Å². The van der Waals surface area contributed by atoms with Crippen LogP contribution in [0.2, 0.25) is 0 Å². The minimum Gasteiger partial charge on any atom is -0.479 e. The summed E-state index contributed by atoms with van der Waals surface area (Å²) in [5.74, 6) is -1.23. The molecule has 0 fully saturated rings. The summed E-state index contributed by atoms with van der Waals surface area (Å²) in [6.45, 7) is 3.33. The number of aliphatic hydroxyl groups excluding tert-OH is 1. The molecule has 2 N–H and O–H groups in total. The van der Waals surface area contributed by atoms with Crippen LogP contribution in [-0.4, -0.2) is 27.3 Å². The number of halogens is 1. The lowest BCUT2D eigenvalue weighted by atomic mass is 9.80. The molecule has 4 nitrogen and oxygen atoms in total. The van der Waals surface area contributed by atoms with Crippen molar-refractivity contribution in [3.8, 4) is 0 Å². The number of hydrogen-bond donors (Lipinski definition) is 2. The second-order valence-electron chi connectivity index (χ2n) is 3.83. The molecular weight excluding hydrogens is 262 g/mol. The normalized spacial score (nSPS) is 13.6. The van der Waals surface area contributed by atoms with Gasteiger partial charge in [0, 0.05) is 11.6 Å². The van der Waals surface area contributed by atoms with E-state index in [0.29, 0.717) is 10.2 Å². The van der Waals surface area contributed by atoms with E-state index in [9.17, 15) is 9.90 Å². The molecule has 0 amide bonds. The van der Waals surface area contributed by atoms with Crippen LogP contribution in [0.15, 0.2) is 22.9 Å². The molecule has 0 aliphatic carbocycles. The zero-order valence-corrected chi connectivity index (χ0v) is 10.0. The number of carboxylic acid groups (broad SMARTS) is 1. The third kappa shape index (κ3) is 2.54. The zero-order valence-electron chi connectivity index (χ0n) is 8.44. The van der Waals surface area contributed by atoms with Gasteiger partial charge in [-0.3, -0.25) is 0 Å². The van der Waals surface area contributed by atoms with Crippen molar-refractivity contribution < 1.29 is 15.0 Å². The molecule has 1 atom stereocenters. The van der Waals surface area contributed by atoms with Crippen LogP contribution >= 0.6 is 15.9 Å². The fourth-order valence-corrected chi connectivity index (χ4v) is 1.46. The molecule has 0 aliphatic rings. The summed E-state index contributed by atoms with van der Waals surface area (Å²) < 4.78 is 0.673.